The second kappa shape index (κ2) is 10.6. The SMILES string of the molecule is Cl.Cl.O=C(CC1CC2CCC(C1)N2)NC1CCN(c2ccccc2OC(F)F)C1. The Kier molecular flexibility index (Phi) is 8.79. The van der Waals surface area contributed by atoms with E-state index in [9.17, 15) is 13.6 Å². The second-order valence-electron chi connectivity index (χ2n) is 8.02. The largest absolute Gasteiger partial charge is 0.433 e. The molecule has 3 heterocycles. The Bertz CT molecular complexity index is 671. The predicted octanol–water partition coefficient (Wildman–Crippen LogP) is 3.75. The third-order valence-corrected chi connectivity index (χ3v) is 6.02. The van der Waals surface area contributed by atoms with Gasteiger partial charge in [0, 0.05) is 37.6 Å². The van der Waals surface area contributed by atoms with Gasteiger partial charge in [-0.15, -0.1) is 24.8 Å². The summed E-state index contributed by atoms with van der Waals surface area (Å²) in [7, 11) is 0. The van der Waals surface area contributed by atoms with Gasteiger partial charge in [0.05, 0.1) is 5.69 Å². The Hall–Kier alpha value is -1.31. The van der Waals surface area contributed by atoms with Crippen LogP contribution in [0.1, 0.15) is 38.5 Å². The molecule has 5 nitrogen and oxygen atoms in total. The van der Waals surface area contributed by atoms with Crippen molar-refractivity contribution in [3.63, 3.8) is 0 Å². The highest BCUT2D eigenvalue weighted by molar-refractivity contribution is 5.85. The summed E-state index contributed by atoms with van der Waals surface area (Å²) >= 11 is 0. The van der Waals surface area contributed by atoms with E-state index in [0.717, 1.165) is 19.3 Å². The van der Waals surface area contributed by atoms with Crippen molar-refractivity contribution >= 4 is 36.4 Å². The average Bonchev–Trinajstić information content (AvgIpc) is 3.21. The van der Waals surface area contributed by atoms with Gasteiger partial charge in [0.15, 0.2) is 0 Å². The van der Waals surface area contributed by atoms with E-state index in [1.165, 1.54) is 12.8 Å². The Morgan fingerprint density at radius 2 is 1.86 bits per heavy atom. The summed E-state index contributed by atoms with van der Waals surface area (Å²) in [5.41, 5.74) is 0.657. The summed E-state index contributed by atoms with van der Waals surface area (Å²) in [6.45, 7) is -1.51. The fourth-order valence-corrected chi connectivity index (χ4v) is 4.90. The molecule has 29 heavy (non-hydrogen) atoms. The standard InChI is InChI=1S/C20H27F2N3O2.2ClH/c21-20(22)27-18-4-2-1-3-17(18)25-8-7-16(12-25)24-19(26)11-13-9-14-5-6-15(10-13)23-14;;/h1-4,13-16,20,23H,5-12H2,(H,24,26);2*1H. The first-order valence-electron chi connectivity index (χ1n) is 9.91. The monoisotopic (exact) mass is 451 g/mol. The maximum atomic E-state index is 12.6. The number of amides is 1. The number of hydrogen-bond donors (Lipinski definition) is 2. The van der Waals surface area contributed by atoms with Gasteiger partial charge in [0.2, 0.25) is 5.91 Å². The van der Waals surface area contributed by atoms with E-state index in [-0.39, 0.29) is 42.5 Å². The lowest BCUT2D eigenvalue weighted by Crippen LogP contribution is -2.42. The van der Waals surface area contributed by atoms with Crippen LogP contribution in [0.2, 0.25) is 0 Å². The van der Waals surface area contributed by atoms with Gasteiger partial charge < -0.3 is 20.3 Å². The van der Waals surface area contributed by atoms with E-state index >= 15 is 0 Å². The first-order valence-corrected chi connectivity index (χ1v) is 9.91. The van der Waals surface area contributed by atoms with Crippen molar-refractivity contribution in [2.24, 2.45) is 5.92 Å². The van der Waals surface area contributed by atoms with Gasteiger partial charge >= 0.3 is 6.61 Å². The molecule has 3 unspecified atom stereocenters. The molecule has 3 saturated heterocycles. The van der Waals surface area contributed by atoms with Gasteiger partial charge in [0.1, 0.15) is 5.75 Å². The van der Waals surface area contributed by atoms with E-state index in [4.69, 9.17) is 0 Å². The van der Waals surface area contributed by atoms with Crippen molar-refractivity contribution in [2.75, 3.05) is 18.0 Å². The average molecular weight is 452 g/mol. The number of para-hydroxylation sites is 2. The summed E-state index contributed by atoms with van der Waals surface area (Å²) in [4.78, 5) is 14.5. The van der Waals surface area contributed by atoms with Crippen LogP contribution in [0.15, 0.2) is 24.3 Å². The van der Waals surface area contributed by atoms with E-state index in [1.807, 2.05) is 11.0 Å². The lowest BCUT2D eigenvalue weighted by Gasteiger charge is -2.29. The van der Waals surface area contributed by atoms with Gasteiger partial charge in [-0.2, -0.15) is 8.78 Å². The zero-order valence-electron chi connectivity index (χ0n) is 16.2. The van der Waals surface area contributed by atoms with E-state index in [0.29, 0.717) is 43.2 Å². The topological polar surface area (TPSA) is 53.6 Å². The molecule has 3 fully saturated rings. The van der Waals surface area contributed by atoms with Crippen LogP contribution in [0.25, 0.3) is 0 Å². The normalized spacial score (nSPS) is 27.9. The maximum absolute atomic E-state index is 12.6. The van der Waals surface area contributed by atoms with Gasteiger partial charge in [-0.1, -0.05) is 12.1 Å². The third-order valence-electron chi connectivity index (χ3n) is 6.02. The summed E-state index contributed by atoms with van der Waals surface area (Å²) in [5.74, 6) is 0.774. The molecule has 9 heteroatoms. The Balaban J connectivity index is 0.00000150. The molecule has 3 atom stereocenters. The van der Waals surface area contributed by atoms with Crippen LogP contribution >= 0.6 is 24.8 Å². The van der Waals surface area contributed by atoms with Gasteiger partial charge in [-0.05, 0) is 50.2 Å². The molecule has 2 N–H and O–H groups in total. The van der Waals surface area contributed by atoms with E-state index < -0.39 is 6.61 Å². The van der Waals surface area contributed by atoms with Gasteiger partial charge in [-0.25, -0.2) is 0 Å². The Labute approximate surface area is 182 Å². The van der Waals surface area contributed by atoms with Crippen molar-refractivity contribution in [3.05, 3.63) is 24.3 Å². The number of carbonyl (C=O) groups excluding carboxylic acids is 1. The van der Waals surface area contributed by atoms with Crippen LogP contribution < -0.4 is 20.3 Å². The highest BCUT2D eigenvalue weighted by Gasteiger charge is 2.34. The molecule has 1 amide bonds. The molecule has 0 saturated carbocycles. The summed E-state index contributed by atoms with van der Waals surface area (Å²) < 4.78 is 29.9. The number of ether oxygens (including phenoxy) is 1. The highest BCUT2D eigenvalue weighted by Crippen LogP contribution is 2.33. The number of anilines is 1. The lowest BCUT2D eigenvalue weighted by atomic mass is 9.89. The van der Waals surface area contributed by atoms with Crippen LogP contribution in [0, 0.1) is 5.92 Å². The molecule has 0 aromatic heterocycles. The number of hydrogen-bond acceptors (Lipinski definition) is 4. The number of carbonyl (C=O) groups is 1. The number of piperidine rings is 1. The quantitative estimate of drug-likeness (QED) is 0.691. The zero-order chi connectivity index (χ0) is 18.8. The molecule has 2 bridgehead atoms. The number of nitrogens with one attached hydrogen (secondary N) is 2. The van der Waals surface area contributed by atoms with Crippen LogP contribution in [0.5, 0.6) is 5.75 Å². The molecule has 4 rings (SSSR count). The molecule has 0 radical (unpaired) electrons. The smallest absolute Gasteiger partial charge is 0.387 e. The number of fused-ring (bicyclic) bond motifs is 2. The Morgan fingerprint density at radius 3 is 2.55 bits per heavy atom. The van der Waals surface area contributed by atoms with Crippen molar-refractivity contribution in [3.8, 4) is 5.75 Å². The zero-order valence-corrected chi connectivity index (χ0v) is 17.8. The van der Waals surface area contributed by atoms with Crippen LogP contribution in [-0.2, 0) is 4.79 Å². The van der Waals surface area contributed by atoms with Crippen molar-refractivity contribution in [2.45, 2.75) is 63.3 Å². The molecule has 3 aliphatic heterocycles. The minimum absolute atomic E-state index is 0. The predicted molar refractivity (Wildman–Crippen MR) is 114 cm³/mol. The molecular formula is C20H29Cl2F2N3O2. The fourth-order valence-electron chi connectivity index (χ4n) is 4.90. The van der Waals surface area contributed by atoms with Crippen LogP contribution in [-0.4, -0.2) is 43.7 Å². The molecule has 1 aromatic carbocycles. The summed E-state index contributed by atoms with van der Waals surface area (Å²) in [5, 5.41) is 6.75. The minimum Gasteiger partial charge on any atom is -0.433 e. The molecule has 0 aliphatic carbocycles. The summed E-state index contributed by atoms with van der Waals surface area (Å²) in [6, 6.07) is 8.07. The number of alkyl halides is 2. The van der Waals surface area contributed by atoms with E-state index in [2.05, 4.69) is 15.4 Å². The minimum atomic E-state index is -2.84. The second-order valence-corrected chi connectivity index (χ2v) is 8.02. The van der Waals surface area contributed by atoms with Crippen LogP contribution in [0.4, 0.5) is 14.5 Å². The number of rotatable bonds is 6. The fraction of sp³-hybridized carbons (Fsp3) is 0.650. The number of benzene rings is 1. The van der Waals surface area contributed by atoms with E-state index in [1.54, 1.807) is 18.2 Å². The van der Waals surface area contributed by atoms with Gasteiger partial charge in [0.25, 0.3) is 0 Å². The number of nitrogens with zero attached hydrogens (tertiary/aromatic N) is 1. The first-order chi connectivity index (χ1) is 13.1. The summed E-state index contributed by atoms with van der Waals surface area (Å²) in [6.07, 6.45) is 6.07. The highest BCUT2D eigenvalue weighted by atomic mass is 35.5. The molecule has 0 spiro atoms. The van der Waals surface area contributed by atoms with Crippen molar-refractivity contribution in [1.29, 1.82) is 0 Å². The maximum Gasteiger partial charge on any atom is 0.387 e. The number of halogens is 4. The lowest BCUT2D eigenvalue weighted by molar-refractivity contribution is -0.122. The molecular weight excluding hydrogens is 423 g/mol. The first kappa shape index (κ1) is 24.0. The van der Waals surface area contributed by atoms with Crippen molar-refractivity contribution in [1.82, 2.24) is 10.6 Å². The van der Waals surface area contributed by atoms with Gasteiger partial charge in [-0.3, -0.25) is 4.79 Å². The van der Waals surface area contributed by atoms with Crippen molar-refractivity contribution < 1.29 is 18.3 Å². The molecule has 1 aromatic rings. The molecule has 3 aliphatic rings. The Morgan fingerprint density at radius 1 is 1.17 bits per heavy atom. The van der Waals surface area contributed by atoms with Crippen LogP contribution in [0.3, 0.4) is 0 Å². The third kappa shape index (κ3) is 6.09. The molecule has 164 valence electrons.